The van der Waals surface area contributed by atoms with E-state index in [9.17, 15) is 9.59 Å². The average molecular weight is 310 g/mol. The predicted molar refractivity (Wildman–Crippen MR) is 85.8 cm³/mol. The van der Waals surface area contributed by atoms with Crippen LogP contribution in [-0.4, -0.2) is 53.3 Å². The van der Waals surface area contributed by atoms with Gasteiger partial charge in [0.25, 0.3) is 5.91 Å². The maximum absolute atomic E-state index is 12.7. The fraction of sp³-hybridized carbons (Fsp3) is 0.882. The van der Waals surface area contributed by atoms with Crippen LogP contribution in [0, 0.1) is 11.8 Å². The third-order valence-corrected chi connectivity index (χ3v) is 5.30. The topological polar surface area (TPSA) is 68.3 Å². The highest BCUT2D eigenvalue weighted by Crippen LogP contribution is 2.27. The Bertz CT molecular complexity index is 405. The maximum Gasteiger partial charge on any atom is 0.281 e. The molecule has 1 saturated carbocycles. The summed E-state index contributed by atoms with van der Waals surface area (Å²) in [5.41, 5.74) is 3.99. The summed E-state index contributed by atoms with van der Waals surface area (Å²) < 4.78 is 0. The minimum Gasteiger partial charge on any atom is -0.347 e. The SMILES string of the molecule is CC(C)[C@H]([NH3+])C(=O)N1CCN(C(=O)C2CCCCC2)[C@H](C)C1. The van der Waals surface area contributed by atoms with Crippen molar-refractivity contribution in [2.45, 2.75) is 65.0 Å². The largest absolute Gasteiger partial charge is 0.347 e. The molecule has 126 valence electrons. The van der Waals surface area contributed by atoms with Crippen LogP contribution in [0.25, 0.3) is 0 Å². The molecule has 1 saturated heterocycles. The predicted octanol–water partition coefficient (Wildman–Crippen LogP) is 0.893. The molecule has 1 heterocycles. The van der Waals surface area contributed by atoms with Crippen molar-refractivity contribution >= 4 is 11.8 Å². The Morgan fingerprint density at radius 1 is 1.09 bits per heavy atom. The van der Waals surface area contributed by atoms with Crippen molar-refractivity contribution in [2.24, 2.45) is 11.8 Å². The summed E-state index contributed by atoms with van der Waals surface area (Å²) >= 11 is 0. The summed E-state index contributed by atoms with van der Waals surface area (Å²) in [5.74, 6) is 0.917. The molecule has 0 spiro atoms. The molecule has 2 rings (SSSR count). The first-order valence-electron chi connectivity index (χ1n) is 8.84. The Kier molecular flexibility index (Phi) is 5.84. The molecule has 5 nitrogen and oxygen atoms in total. The first kappa shape index (κ1) is 17.3. The van der Waals surface area contributed by atoms with Crippen molar-refractivity contribution in [3.63, 3.8) is 0 Å². The molecule has 0 aromatic heterocycles. The molecule has 2 fully saturated rings. The Labute approximate surface area is 134 Å². The van der Waals surface area contributed by atoms with Crippen molar-refractivity contribution in [2.75, 3.05) is 19.6 Å². The Hall–Kier alpha value is -1.10. The smallest absolute Gasteiger partial charge is 0.281 e. The number of hydrogen-bond donors (Lipinski definition) is 1. The summed E-state index contributed by atoms with van der Waals surface area (Å²) in [7, 11) is 0. The van der Waals surface area contributed by atoms with Gasteiger partial charge in [-0.05, 0) is 19.8 Å². The van der Waals surface area contributed by atoms with Crippen molar-refractivity contribution in [1.29, 1.82) is 0 Å². The number of amides is 2. The highest BCUT2D eigenvalue weighted by atomic mass is 16.2. The van der Waals surface area contributed by atoms with Gasteiger partial charge in [0.05, 0.1) is 0 Å². The van der Waals surface area contributed by atoms with Gasteiger partial charge in [-0.25, -0.2) is 0 Å². The monoisotopic (exact) mass is 310 g/mol. The molecule has 0 aromatic rings. The molecule has 1 aliphatic carbocycles. The number of carbonyl (C=O) groups excluding carboxylic acids is 2. The zero-order valence-corrected chi connectivity index (χ0v) is 14.4. The number of quaternary nitrogens is 1. The second-order valence-electron chi connectivity index (χ2n) is 7.35. The summed E-state index contributed by atoms with van der Waals surface area (Å²) in [6.07, 6.45) is 5.71. The molecule has 22 heavy (non-hydrogen) atoms. The lowest BCUT2D eigenvalue weighted by Gasteiger charge is -2.42. The van der Waals surface area contributed by atoms with Gasteiger partial charge in [-0.2, -0.15) is 0 Å². The summed E-state index contributed by atoms with van der Waals surface area (Å²) in [5, 5.41) is 0. The standard InChI is InChI=1S/C17H31N3O2/c1-12(2)15(18)17(22)19-9-10-20(13(3)11-19)16(21)14-7-5-4-6-8-14/h12-15H,4-11,18H2,1-3H3/p+1/t13-,15+/m1/s1. The van der Waals surface area contributed by atoms with Crippen LogP contribution in [0.5, 0.6) is 0 Å². The van der Waals surface area contributed by atoms with Gasteiger partial charge in [0.15, 0.2) is 6.04 Å². The number of piperazine rings is 1. The quantitative estimate of drug-likeness (QED) is 0.841. The molecule has 0 bridgehead atoms. The van der Waals surface area contributed by atoms with E-state index in [0.29, 0.717) is 25.5 Å². The van der Waals surface area contributed by atoms with Crippen molar-refractivity contribution in [3.8, 4) is 0 Å². The number of hydrogen-bond acceptors (Lipinski definition) is 2. The van der Waals surface area contributed by atoms with E-state index in [1.165, 1.54) is 19.3 Å². The maximum atomic E-state index is 12.7. The van der Waals surface area contributed by atoms with Crippen molar-refractivity contribution in [3.05, 3.63) is 0 Å². The molecule has 1 aliphatic heterocycles. The second kappa shape index (κ2) is 7.44. The van der Waals surface area contributed by atoms with E-state index >= 15 is 0 Å². The minimum atomic E-state index is -0.187. The van der Waals surface area contributed by atoms with E-state index in [1.54, 1.807) is 0 Å². The van der Waals surface area contributed by atoms with Crippen molar-refractivity contribution < 1.29 is 15.3 Å². The number of nitrogens with zero attached hydrogens (tertiary/aromatic N) is 2. The van der Waals surface area contributed by atoms with Gasteiger partial charge in [0.2, 0.25) is 5.91 Å². The molecule has 2 aliphatic rings. The Balaban J connectivity index is 1.92. The molecule has 2 amide bonds. The zero-order chi connectivity index (χ0) is 16.3. The summed E-state index contributed by atoms with van der Waals surface area (Å²) in [6.45, 7) is 8.10. The third kappa shape index (κ3) is 3.80. The van der Waals surface area contributed by atoms with E-state index < -0.39 is 0 Å². The fourth-order valence-electron chi connectivity index (χ4n) is 3.59. The van der Waals surface area contributed by atoms with Crippen LogP contribution < -0.4 is 5.73 Å². The molecular formula is C17H32N3O2+. The van der Waals surface area contributed by atoms with E-state index in [-0.39, 0.29) is 29.8 Å². The van der Waals surface area contributed by atoms with E-state index in [1.807, 2.05) is 23.6 Å². The number of carbonyl (C=O) groups is 2. The van der Waals surface area contributed by atoms with Crippen LogP contribution in [0.15, 0.2) is 0 Å². The molecule has 5 heteroatoms. The lowest BCUT2D eigenvalue weighted by Crippen LogP contribution is -2.71. The molecular weight excluding hydrogens is 278 g/mol. The van der Waals surface area contributed by atoms with Gasteiger partial charge in [0, 0.05) is 37.5 Å². The van der Waals surface area contributed by atoms with Crippen LogP contribution in [-0.2, 0) is 9.59 Å². The van der Waals surface area contributed by atoms with Gasteiger partial charge in [0.1, 0.15) is 0 Å². The van der Waals surface area contributed by atoms with E-state index in [0.717, 1.165) is 12.8 Å². The number of rotatable bonds is 3. The second-order valence-corrected chi connectivity index (χ2v) is 7.35. The summed E-state index contributed by atoms with van der Waals surface area (Å²) in [4.78, 5) is 29.0. The van der Waals surface area contributed by atoms with Crippen LogP contribution >= 0.6 is 0 Å². The third-order valence-electron chi connectivity index (χ3n) is 5.30. The molecule has 0 radical (unpaired) electrons. The van der Waals surface area contributed by atoms with Gasteiger partial charge in [-0.15, -0.1) is 0 Å². The molecule has 0 unspecified atom stereocenters. The lowest BCUT2D eigenvalue weighted by molar-refractivity contribution is -0.416. The van der Waals surface area contributed by atoms with Crippen LogP contribution in [0.4, 0.5) is 0 Å². The van der Waals surface area contributed by atoms with E-state index in [4.69, 9.17) is 0 Å². The molecule has 0 aromatic carbocycles. The Morgan fingerprint density at radius 3 is 2.27 bits per heavy atom. The van der Waals surface area contributed by atoms with Gasteiger partial charge >= 0.3 is 0 Å². The van der Waals surface area contributed by atoms with Crippen molar-refractivity contribution in [1.82, 2.24) is 9.80 Å². The van der Waals surface area contributed by atoms with E-state index in [2.05, 4.69) is 12.7 Å². The van der Waals surface area contributed by atoms with Crippen LogP contribution in [0.2, 0.25) is 0 Å². The fourth-order valence-corrected chi connectivity index (χ4v) is 3.59. The first-order valence-corrected chi connectivity index (χ1v) is 8.84. The highest BCUT2D eigenvalue weighted by Gasteiger charge is 2.36. The first-order chi connectivity index (χ1) is 10.4. The normalized spacial score (nSPS) is 25.4. The van der Waals surface area contributed by atoms with Gasteiger partial charge in [-0.1, -0.05) is 33.1 Å². The van der Waals surface area contributed by atoms with Crippen LogP contribution in [0.1, 0.15) is 52.9 Å². The lowest BCUT2D eigenvalue weighted by atomic mass is 9.87. The molecule has 2 atom stereocenters. The van der Waals surface area contributed by atoms with Crippen LogP contribution in [0.3, 0.4) is 0 Å². The highest BCUT2D eigenvalue weighted by molar-refractivity contribution is 5.82. The Morgan fingerprint density at radius 2 is 1.73 bits per heavy atom. The minimum absolute atomic E-state index is 0.117. The zero-order valence-electron chi connectivity index (χ0n) is 14.4. The average Bonchev–Trinajstić information content (AvgIpc) is 2.53. The van der Waals surface area contributed by atoms with Gasteiger partial charge in [-0.3, -0.25) is 9.59 Å². The molecule has 3 N–H and O–H groups in total. The van der Waals surface area contributed by atoms with Gasteiger partial charge < -0.3 is 15.5 Å². The summed E-state index contributed by atoms with van der Waals surface area (Å²) in [6, 6.07) is -0.0701.